The number of fused-ring (bicyclic) bond motifs is 1. The molecule has 0 radical (unpaired) electrons. The highest BCUT2D eigenvalue weighted by Gasteiger charge is 2.13. The van der Waals surface area contributed by atoms with Crippen LogP contribution in [0.5, 0.6) is 11.5 Å². The van der Waals surface area contributed by atoms with Crippen LogP contribution in [0.4, 0.5) is 10.8 Å². The average Bonchev–Trinajstić information content (AvgIpc) is 3.03. The van der Waals surface area contributed by atoms with E-state index in [1.165, 1.54) is 18.4 Å². The van der Waals surface area contributed by atoms with E-state index in [9.17, 15) is 4.79 Å². The van der Waals surface area contributed by atoms with Gasteiger partial charge in [0, 0.05) is 11.8 Å². The van der Waals surface area contributed by atoms with Crippen LogP contribution in [0.15, 0.2) is 36.4 Å². The smallest absolute Gasteiger partial charge is 0.262 e. The van der Waals surface area contributed by atoms with Gasteiger partial charge in [-0.15, -0.1) is 0 Å². The number of hydrogen-bond acceptors (Lipinski definition) is 7. The van der Waals surface area contributed by atoms with Gasteiger partial charge in [0.05, 0.1) is 16.8 Å². The second kappa shape index (κ2) is 7.56. The van der Waals surface area contributed by atoms with Gasteiger partial charge >= 0.3 is 0 Å². The summed E-state index contributed by atoms with van der Waals surface area (Å²) in [5.41, 5.74) is 3.75. The third-order valence-corrected chi connectivity index (χ3v) is 4.53. The molecule has 0 fully saturated rings. The summed E-state index contributed by atoms with van der Waals surface area (Å²) in [6, 6.07) is 10.4. The van der Waals surface area contributed by atoms with Gasteiger partial charge in [0.2, 0.25) is 0 Å². The second-order valence-corrected chi connectivity index (χ2v) is 6.39. The Morgan fingerprint density at radius 3 is 2.84 bits per heavy atom. The predicted octanol–water partition coefficient (Wildman–Crippen LogP) is 3.26. The van der Waals surface area contributed by atoms with Crippen molar-refractivity contribution in [2.75, 3.05) is 24.5 Å². The summed E-state index contributed by atoms with van der Waals surface area (Å²) in [5.74, 6) is 6.07. The number of methoxy groups -OCH3 is 1. The van der Waals surface area contributed by atoms with Gasteiger partial charge in [-0.1, -0.05) is 35.1 Å². The van der Waals surface area contributed by atoms with E-state index in [2.05, 4.69) is 15.7 Å². The standard InChI is InChI=1S/C16H15ClN4O3S/c1-23-12-6-9(7-13-15(12)20-16(21-18)25-13)19-14(22)8-24-11-5-3-2-4-10(11)17/h2-7H,8,18H2,1H3,(H,19,22)(H,20,21). The summed E-state index contributed by atoms with van der Waals surface area (Å²) >= 11 is 7.35. The first-order chi connectivity index (χ1) is 12.1. The molecule has 0 aliphatic carbocycles. The molecule has 25 heavy (non-hydrogen) atoms. The molecule has 0 saturated carbocycles. The second-order valence-electron chi connectivity index (χ2n) is 4.96. The number of nitrogens with one attached hydrogen (secondary N) is 2. The summed E-state index contributed by atoms with van der Waals surface area (Å²) in [7, 11) is 1.54. The Bertz CT molecular complexity index is 916. The number of aromatic nitrogens is 1. The molecule has 4 N–H and O–H groups in total. The van der Waals surface area contributed by atoms with Crippen molar-refractivity contribution in [3.63, 3.8) is 0 Å². The first-order valence-electron chi connectivity index (χ1n) is 7.23. The minimum Gasteiger partial charge on any atom is -0.494 e. The monoisotopic (exact) mass is 378 g/mol. The molecule has 1 aromatic heterocycles. The number of nitrogens with two attached hydrogens (primary N) is 1. The largest absolute Gasteiger partial charge is 0.494 e. The highest BCUT2D eigenvalue weighted by atomic mass is 35.5. The van der Waals surface area contributed by atoms with Gasteiger partial charge in [0.15, 0.2) is 11.7 Å². The third-order valence-electron chi connectivity index (χ3n) is 3.28. The van der Waals surface area contributed by atoms with E-state index in [-0.39, 0.29) is 12.5 Å². The van der Waals surface area contributed by atoms with Gasteiger partial charge in [0.1, 0.15) is 17.0 Å². The maximum Gasteiger partial charge on any atom is 0.262 e. The first kappa shape index (κ1) is 17.3. The number of ether oxygens (including phenoxy) is 2. The minimum atomic E-state index is -0.317. The van der Waals surface area contributed by atoms with E-state index < -0.39 is 0 Å². The zero-order valence-corrected chi connectivity index (χ0v) is 14.8. The number of carbonyl (C=O) groups excluding carboxylic acids is 1. The van der Waals surface area contributed by atoms with Gasteiger partial charge in [0.25, 0.3) is 5.91 Å². The van der Waals surface area contributed by atoms with Crippen LogP contribution in [0.25, 0.3) is 10.2 Å². The van der Waals surface area contributed by atoms with Crippen molar-refractivity contribution in [1.29, 1.82) is 0 Å². The van der Waals surface area contributed by atoms with E-state index in [0.29, 0.717) is 32.9 Å². The number of benzene rings is 2. The number of amides is 1. The van der Waals surface area contributed by atoms with Crippen LogP contribution in [0, 0.1) is 0 Å². The first-order valence-corrected chi connectivity index (χ1v) is 8.42. The number of nitrogen functional groups attached to an aromatic ring is 1. The quantitative estimate of drug-likeness (QED) is 0.450. The topological polar surface area (TPSA) is 98.5 Å². The van der Waals surface area contributed by atoms with Crippen LogP contribution in [-0.2, 0) is 4.79 Å². The number of para-hydroxylation sites is 1. The number of halogens is 1. The molecule has 2 aromatic carbocycles. The zero-order chi connectivity index (χ0) is 17.8. The van der Waals surface area contributed by atoms with Crippen LogP contribution >= 0.6 is 22.9 Å². The van der Waals surface area contributed by atoms with Crippen molar-refractivity contribution in [3.8, 4) is 11.5 Å². The highest BCUT2D eigenvalue weighted by molar-refractivity contribution is 7.22. The maximum absolute atomic E-state index is 12.1. The lowest BCUT2D eigenvalue weighted by Gasteiger charge is -2.10. The van der Waals surface area contributed by atoms with E-state index in [1.807, 2.05) is 0 Å². The molecule has 0 atom stereocenters. The molecule has 130 valence electrons. The molecule has 1 heterocycles. The Balaban J connectivity index is 1.73. The molecule has 0 spiro atoms. The Hall–Kier alpha value is -2.55. The van der Waals surface area contributed by atoms with Gasteiger partial charge in [-0.3, -0.25) is 10.2 Å². The molecule has 0 unspecified atom stereocenters. The lowest BCUT2D eigenvalue weighted by Crippen LogP contribution is -2.20. The molecule has 0 saturated heterocycles. The molecule has 9 heteroatoms. The average molecular weight is 379 g/mol. The van der Waals surface area contributed by atoms with Gasteiger partial charge < -0.3 is 14.8 Å². The number of hydrazine groups is 1. The number of hydrogen-bond donors (Lipinski definition) is 3. The number of rotatable bonds is 6. The lowest BCUT2D eigenvalue weighted by molar-refractivity contribution is -0.118. The van der Waals surface area contributed by atoms with E-state index in [0.717, 1.165) is 4.70 Å². The summed E-state index contributed by atoms with van der Waals surface area (Å²) in [6.07, 6.45) is 0. The Labute approximate surface area is 152 Å². The zero-order valence-electron chi connectivity index (χ0n) is 13.2. The van der Waals surface area contributed by atoms with Crippen LogP contribution in [0.3, 0.4) is 0 Å². The summed E-state index contributed by atoms with van der Waals surface area (Å²) < 4.78 is 11.6. The fourth-order valence-electron chi connectivity index (χ4n) is 2.19. The number of thiazole rings is 1. The fourth-order valence-corrected chi connectivity index (χ4v) is 3.21. The van der Waals surface area contributed by atoms with Gasteiger partial charge in [-0.25, -0.2) is 10.8 Å². The van der Waals surface area contributed by atoms with Crippen molar-refractivity contribution in [3.05, 3.63) is 41.4 Å². The Kier molecular flexibility index (Phi) is 5.22. The fraction of sp³-hybridized carbons (Fsp3) is 0.125. The number of nitrogens with zero attached hydrogens (tertiary/aromatic N) is 1. The Morgan fingerprint density at radius 1 is 1.32 bits per heavy atom. The van der Waals surface area contributed by atoms with Crippen LogP contribution in [-0.4, -0.2) is 24.6 Å². The minimum absolute atomic E-state index is 0.164. The van der Waals surface area contributed by atoms with Crippen LogP contribution in [0.2, 0.25) is 5.02 Å². The SMILES string of the molecule is COc1cc(NC(=O)COc2ccccc2Cl)cc2sc(NN)nc12. The summed E-state index contributed by atoms with van der Waals surface area (Å²) in [6.45, 7) is -0.164. The maximum atomic E-state index is 12.1. The molecule has 0 aliphatic heterocycles. The van der Waals surface area contributed by atoms with Crippen molar-refractivity contribution >= 4 is 49.9 Å². The van der Waals surface area contributed by atoms with E-state index in [1.54, 1.807) is 36.4 Å². The van der Waals surface area contributed by atoms with Gasteiger partial charge in [-0.2, -0.15) is 0 Å². The molecular formula is C16H15ClN4O3S. The number of anilines is 2. The molecule has 0 bridgehead atoms. The lowest BCUT2D eigenvalue weighted by atomic mass is 10.2. The summed E-state index contributed by atoms with van der Waals surface area (Å²) in [4.78, 5) is 16.4. The molecule has 3 rings (SSSR count). The van der Waals surface area contributed by atoms with Crippen molar-refractivity contribution < 1.29 is 14.3 Å². The third kappa shape index (κ3) is 3.93. The molecule has 7 nitrogen and oxygen atoms in total. The molecule has 1 amide bonds. The van der Waals surface area contributed by atoms with Crippen molar-refractivity contribution in [2.45, 2.75) is 0 Å². The van der Waals surface area contributed by atoms with Crippen LogP contribution in [0.1, 0.15) is 0 Å². The summed E-state index contributed by atoms with van der Waals surface area (Å²) in [5, 5.41) is 3.77. The molecule has 3 aromatic rings. The molecular weight excluding hydrogens is 364 g/mol. The van der Waals surface area contributed by atoms with E-state index >= 15 is 0 Å². The van der Waals surface area contributed by atoms with Gasteiger partial charge in [-0.05, 0) is 18.2 Å². The normalized spacial score (nSPS) is 10.5. The van der Waals surface area contributed by atoms with Crippen molar-refractivity contribution in [2.24, 2.45) is 5.84 Å². The molecule has 0 aliphatic rings. The number of carbonyl (C=O) groups is 1. The van der Waals surface area contributed by atoms with E-state index in [4.69, 9.17) is 26.9 Å². The highest BCUT2D eigenvalue weighted by Crippen LogP contribution is 2.35. The van der Waals surface area contributed by atoms with Crippen LogP contribution < -0.4 is 26.1 Å². The Morgan fingerprint density at radius 2 is 2.12 bits per heavy atom. The predicted molar refractivity (Wildman–Crippen MR) is 99.6 cm³/mol. The van der Waals surface area contributed by atoms with Crippen molar-refractivity contribution in [1.82, 2.24) is 4.98 Å².